The van der Waals surface area contributed by atoms with Gasteiger partial charge in [0.2, 0.25) is 0 Å². The van der Waals surface area contributed by atoms with Crippen molar-refractivity contribution in [3.8, 4) is 0 Å². The average Bonchev–Trinajstić information content (AvgIpc) is 2.47. The maximum atomic E-state index is 4.44. The minimum atomic E-state index is 0.0931. The predicted octanol–water partition coefficient (Wildman–Crippen LogP) is 2.81. The zero-order valence-electron chi connectivity index (χ0n) is 11.2. The molecule has 0 fully saturated rings. The Labute approximate surface area is 117 Å². The van der Waals surface area contributed by atoms with E-state index in [0.29, 0.717) is 0 Å². The first-order valence-electron chi connectivity index (χ1n) is 6.01. The number of thioether (sulfide) groups is 1. The predicted molar refractivity (Wildman–Crippen MR) is 79.6 cm³/mol. The van der Waals surface area contributed by atoms with Crippen LogP contribution < -0.4 is 10.6 Å². The van der Waals surface area contributed by atoms with Crippen molar-refractivity contribution in [2.24, 2.45) is 0 Å². The van der Waals surface area contributed by atoms with E-state index < -0.39 is 0 Å². The molecular weight excluding hydrogens is 258 g/mol. The molecule has 1 atom stereocenters. The Bertz CT molecular complexity index is 510. The number of nitrogens with one attached hydrogen (secondary N) is 2. The molecule has 0 amide bonds. The minimum Gasteiger partial charge on any atom is -0.373 e. The second-order valence-corrected chi connectivity index (χ2v) is 4.77. The molecule has 1 unspecified atom stereocenters. The average molecular weight is 275 g/mol. The van der Waals surface area contributed by atoms with E-state index in [1.54, 1.807) is 6.20 Å². The Morgan fingerprint density at radius 1 is 1.21 bits per heavy atom. The standard InChI is InChI=1S/C13H17N5S/c1-9(10-6-4-5-7-15-10)16-12-8-11(14-2)17-13(18-12)19-3/h4-9H,1-3H3,(H2,14,16,17,18). The Kier molecular flexibility index (Phi) is 4.57. The summed E-state index contributed by atoms with van der Waals surface area (Å²) in [6.07, 6.45) is 3.75. The summed E-state index contributed by atoms with van der Waals surface area (Å²) in [4.78, 5) is 13.1. The van der Waals surface area contributed by atoms with Gasteiger partial charge >= 0.3 is 0 Å². The van der Waals surface area contributed by atoms with Crippen LogP contribution in [0.4, 0.5) is 11.6 Å². The first-order chi connectivity index (χ1) is 9.22. The molecule has 0 aliphatic rings. The van der Waals surface area contributed by atoms with E-state index in [0.717, 1.165) is 22.5 Å². The summed E-state index contributed by atoms with van der Waals surface area (Å²) in [5, 5.41) is 7.11. The number of aromatic nitrogens is 3. The summed E-state index contributed by atoms with van der Waals surface area (Å²) in [5.41, 5.74) is 0.984. The second-order valence-electron chi connectivity index (χ2n) is 4.00. The molecule has 0 aliphatic carbocycles. The third-order valence-electron chi connectivity index (χ3n) is 2.64. The van der Waals surface area contributed by atoms with Crippen molar-refractivity contribution in [2.45, 2.75) is 18.1 Å². The third kappa shape index (κ3) is 3.57. The lowest BCUT2D eigenvalue weighted by Crippen LogP contribution is -2.10. The molecule has 0 saturated carbocycles. The quantitative estimate of drug-likeness (QED) is 0.646. The maximum Gasteiger partial charge on any atom is 0.191 e. The molecule has 0 saturated heterocycles. The highest BCUT2D eigenvalue weighted by Crippen LogP contribution is 2.20. The van der Waals surface area contributed by atoms with Crippen LogP contribution in [0, 0.1) is 0 Å². The van der Waals surface area contributed by atoms with Crippen molar-refractivity contribution in [3.63, 3.8) is 0 Å². The van der Waals surface area contributed by atoms with Crippen LogP contribution in [0.15, 0.2) is 35.6 Å². The highest BCUT2D eigenvalue weighted by Gasteiger charge is 2.09. The zero-order chi connectivity index (χ0) is 13.7. The van der Waals surface area contributed by atoms with Crippen molar-refractivity contribution in [1.29, 1.82) is 0 Å². The van der Waals surface area contributed by atoms with Gasteiger partial charge < -0.3 is 10.6 Å². The van der Waals surface area contributed by atoms with Gasteiger partial charge in [-0.1, -0.05) is 17.8 Å². The van der Waals surface area contributed by atoms with Gasteiger partial charge in [-0.3, -0.25) is 4.98 Å². The molecule has 5 nitrogen and oxygen atoms in total. The summed E-state index contributed by atoms with van der Waals surface area (Å²) in [7, 11) is 1.85. The third-order valence-corrected chi connectivity index (χ3v) is 3.19. The van der Waals surface area contributed by atoms with Crippen LogP contribution in [0.5, 0.6) is 0 Å². The molecule has 19 heavy (non-hydrogen) atoms. The Morgan fingerprint density at radius 2 is 2.00 bits per heavy atom. The van der Waals surface area contributed by atoms with Crippen LogP contribution in [0.2, 0.25) is 0 Å². The summed E-state index contributed by atoms with van der Waals surface area (Å²) < 4.78 is 0. The molecule has 0 aliphatic heterocycles. The normalized spacial score (nSPS) is 11.9. The van der Waals surface area contributed by atoms with E-state index in [4.69, 9.17) is 0 Å². The first-order valence-corrected chi connectivity index (χ1v) is 7.23. The Morgan fingerprint density at radius 3 is 2.63 bits per heavy atom. The van der Waals surface area contributed by atoms with Crippen molar-refractivity contribution < 1.29 is 0 Å². The summed E-state index contributed by atoms with van der Waals surface area (Å²) in [5.74, 6) is 1.59. The fourth-order valence-corrected chi connectivity index (χ4v) is 2.03. The highest BCUT2D eigenvalue weighted by atomic mass is 32.2. The van der Waals surface area contributed by atoms with E-state index in [-0.39, 0.29) is 6.04 Å². The Hall–Kier alpha value is -1.82. The molecule has 0 bridgehead atoms. The lowest BCUT2D eigenvalue weighted by Gasteiger charge is -2.15. The number of rotatable bonds is 5. The van der Waals surface area contributed by atoms with Crippen molar-refractivity contribution in [1.82, 2.24) is 15.0 Å². The van der Waals surface area contributed by atoms with Gasteiger partial charge in [0, 0.05) is 19.3 Å². The monoisotopic (exact) mass is 275 g/mol. The summed E-state index contributed by atoms with van der Waals surface area (Å²) >= 11 is 1.52. The van der Waals surface area contributed by atoms with E-state index in [2.05, 4.69) is 32.5 Å². The van der Waals surface area contributed by atoms with E-state index in [1.807, 2.05) is 37.6 Å². The zero-order valence-corrected chi connectivity index (χ0v) is 12.0. The molecule has 100 valence electrons. The van der Waals surface area contributed by atoms with Crippen molar-refractivity contribution in [3.05, 3.63) is 36.2 Å². The van der Waals surface area contributed by atoms with Crippen LogP contribution in [0.3, 0.4) is 0 Å². The molecule has 0 radical (unpaired) electrons. The van der Waals surface area contributed by atoms with Gasteiger partial charge in [-0.05, 0) is 25.3 Å². The topological polar surface area (TPSA) is 62.7 Å². The fourth-order valence-electron chi connectivity index (χ4n) is 1.65. The fraction of sp³-hybridized carbons (Fsp3) is 0.308. The molecular formula is C13H17N5S. The number of hydrogen-bond acceptors (Lipinski definition) is 6. The van der Waals surface area contributed by atoms with Gasteiger partial charge in [-0.25, -0.2) is 9.97 Å². The number of pyridine rings is 1. The molecule has 0 spiro atoms. The van der Waals surface area contributed by atoms with Gasteiger partial charge in [0.25, 0.3) is 0 Å². The lowest BCUT2D eigenvalue weighted by molar-refractivity contribution is 0.821. The van der Waals surface area contributed by atoms with Gasteiger partial charge in [0.1, 0.15) is 11.6 Å². The lowest BCUT2D eigenvalue weighted by atomic mass is 10.2. The van der Waals surface area contributed by atoms with Crippen molar-refractivity contribution >= 4 is 23.4 Å². The molecule has 2 heterocycles. The Balaban J connectivity index is 2.18. The van der Waals surface area contributed by atoms with E-state index in [1.165, 1.54) is 11.8 Å². The number of hydrogen-bond donors (Lipinski definition) is 2. The molecule has 2 N–H and O–H groups in total. The van der Waals surface area contributed by atoms with E-state index >= 15 is 0 Å². The van der Waals surface area contributed by atoms with Gasteiger partial charge in [0.15, 0.2) is 5.16 Å². The maximum absolute atomic E-state index is 4.44. The highest BCUT2D eigenvalue weighted by molar-refractivity contribution is 7.98. The molecule has 2 aromatic heterocycles. The van der Waals surface area contributed by atoms with Crippen molar-refractivity contribution in [2.75, 3.05) is 23.9 Å². The van der Waals surface area contributed by atoms with E-state index in [9.17, 15) is 0 Å². The van der Waals surface area contributed by atoms with Crippen LogP contribution in [-0.4, -0.2) is 28.3 Å². The van der Waals surface area contributed by atoms with Gasteiger partial charge in [-0.15, -0.1) is 0 Å². The number of nitrogens with zero attached hydrogens (tertiary/aromatic N) is 3. The first kappa shape index (κ1) is 13.6. The molecule has 2 rings (SSSR count). The smallest absolute Gasteiger partial charge is 0.191 e. The second kappa shape index (κ2) is 6.38. The van der Waals surface area contributed by atoms with Crippen LogP contribution in [-0.2, 0) is 0 Å². The van der Waals surface area contributed by atoms with Gasteiger partial charge in [-0.2, -0.15) is 0 Å². The molecule has 0 aromatic carbocycles. The van der Waals surface area contributed by atoms with Gasteiger partial charge in [0.05, 0.1) is 11.7 Å². The van der Waals surface area contributed by atoms with Crippen LogP contribution in [0.1, 0.15) is 18.7 Å². The number of anilines is 2. The van der Waals surface area contributed by atoms with Crippen LogP contribution in [0.25, 0.3) is 0 Å². The van der Waals surface area contributed by atoms with Crippen LogP contribution >= 0.6 is 11.8 Å². The SMILES string of the molecule is CNc1cc(NC(C)c2ccccn2)nc(SC)n1. The largest absolute Gasteiger partial charge is 0.373 e. The minimum absolute atomic E-state index is 0.0931. The molecule has 2 aromatic rings. The summed E-state index contributed by atoms with van der Waals surface area (Å²) in [6.45, 7) is 2.06. The summed E-state index contributed by atoms with van der Waals surface area (Å²) in [6, 6.07) is 7.86. The molecule has 6 heteroatoms.